The number of hydrogen-bond acceptors (Lipinski definition) is 2. The summed E-state index contributed by atoms with van der Waals surface area (Å²) in [5.41, 5.74) is 0. The van der Waals surface area contributed by atoms with Crippen molar-refractivity contribution in [3.05, 3.63) is 0 Å². The summed E-state index contributed by atoms with van der Waals surface area (Å²) in [4.78, 5) is 11.4. The number of carbonyl (C=O) groups is 1. The molecule has 1 N–H and O–H groups in total. The van der Waals surface area contributed by atoms with Gasteiger partial charge in [0.05, 0.1) is 0 Å². The quantitative estimate of drug-likeness (QED) is 0.707. The first-order valence-electron chi connectivity index (χ1n) is 5.16. The molecule has 3 atom stereocenters. The normalized spacial score (nSPS) is 37.5. The molecule has 0 bridgehead atoms. The minimum absolute atomic E-state index is 0.0941. The van der Waals surface area contributed by atoms with Crippen LogP contribution < -0.4 is 5.32 Å². The van der Waals surface area contributed by atoms with E-state index >= 15 is 0 Å². The lowest BCUT2D eigenvalue weighted by molar-refractivity contribution is -0.130. The van der Waals surface area contributed by atoms with Crippen LogP contribution in [0.15, 0.2) is 0 Å². The summed E-state index contributed by atoms with van der Waals surface area (Å²) < 4.78 is 5.28. The Morgan fingerprint density at radius 3 is 2.92 bits per heavy atom. The topological polar surface area (TPSA) is 38.3 Å². The molecule has 1 amide bonds. The van der Waals surface area contributed by atoms with Gasteiger partial charge in [0.15, 0.2) is 0 Å². The molecule has 13 heavy (non-hydrogen) atoms. The van der Waals surface area contributed by atoms with Gasteiger partial charge in [-0.15, -0.1) is 0 Å². The lowest BCUT2D eigenvalue weighted by atomic mass is 10.2. The molecule has 3 heteroatoms. The third-order valence-electron chi connectivity index (χ3n) is 3.04. The third kappa shape index (κ3) is 2.21. The van der Waals surface area contributed by atoms with Crippen LogP contribution in [0.4, 0.5) is 0 Å². The van der Waals surface area contributed by atoms with Gasteiger partial charge in [0, 0.05) is 13.2 Å². The van der Waals surface area contributed by atoms with Crippen LogP contribution in [-0.4, -0.2) is 25.2 Å². The maximum Gasteiger partial charge on any atom is 0.249 e. The maximum atomic E-state index is 11.4. The van der Waals surface area contributed by atoms with Crippen molar-refractivity contribution in [2.75, 3.05) is 13.2 Å². The van der Waals surface area contributed by atoms with Gasteiger partial charge in [-0.1, -0.05) is 6.92 Å². The number of nitrogens with one attached hydrogen (secondary N) is 1. The van der Waals surface area contributed by atoms with Crippen LogP contribution in [0.3, 0.4) is 0 Å². The molecule has 0 aromatic heterocycles. The second kappa shape index (κ2) is 3.66. The summed E-state index contributed by atoms with van der Waals surface area (Å²) in [6.45, 7) is 3.82. The Morgan fingerprint density at radius 2 is 2.38 bits per heavy atom. The molecule has 1 saturated heterocycles. The maximum absolute atomic E-state index is 11.4. The van der Waals surface area contributed by atoms with Gasteiger partial charge in [-0.05, 0) is 31.1 Å². The first-order valence-corrected chi connectivity index (χ1v) is 5.16. The Morgan fingerprint density at radius 1 is 1.62 bits per heavy atom. The Kier molecular flexibility index (Phi) is 2.54. The van der Waals surface area contributed by atoms with Gasteiger partial charge in [0.2, 0.25) is 5.91 Å². The van der Waals surface area contributed by atoms with Gasteiger partial charge in [0.1, 0.15) is 6.10 Å². The summed E-state index contributed by atoms with van der Waals surface area (Å²) in [5, 5.41) is 2.95. The van der Waals surface area contributed by atoms with Crippen LogP contribution >= 0.6 is 0 Å². The molecule has 1 aliphatic heterocycles. The second-order valence-corrected chi connectivity index (χ2v) is 4.22. The standard InChI is InChI=1S/C10H17NO2/c1-7-5-8(7)6-11-10(12)9-3-2-4-13-9/h7-9H,2-6H2,1H3,(H,11,12)/t7?,8?,9-/m0/s1. The van der Waals surface area contributed by atoms with Gasteiger partial charge in [0.25, 0.3) is 0 Å². The molecule has 0 radical (unpaired) electrons. The van der Waals surface area contributed by atoms with Crippen LogP contribution in [0.5, 0.6) is 0 Å². The molecule has 1 heterocycles. The van der Waals surface area contributed by atoms with Crippen molar-refractivity contribution in [1.82, 2.24) is 5.32 Å². The van der Waals surface area contributed by atoms with Crippen LogP contribution in [0.1, 0.15) is 26.2 Å². The zero-order valence-corrected chi connectivity index (χ0v) is 8.08. The summed E-state index contributed by atoms with van der Waals surface area (Å²) in [6.07, 6.45) is 3.03. The van der Waals surface area contributed by atoms with Gasteiger partial charge in [-0.2, -0.15) is 0 Å². The average molecular weight is 183 g/mol. The molecule has 0 aromatic rings. The Hall–Kier alpha value is -0.570. The lowest BCUT2D eigenvalue weighted by Crippen LogP contribution is -2.35. The first-order chi connectivity index (χ1) is 6.27. The summed E-state index contributed by atoms with van der Waals surface area (Å²) in [6, 6.07) is 0. The largest absolute Gasteiger partial charge is 0.368 e. The van der Waals surface area contributed by atoms with Crippen molar-refractivity contribution < 1.29 is 9.53 Å². The SMILES string of the molecule is CC1CC1CNC(=O)[C@@H]1CCCO1. The van der Waals surface area contributed by atoms with Crippen LogP contribution in [0, 0.1) is 11.8 Å². The molecule has 2 aliphatic rings. The summed E-state index contributed by atoms with van der Waals surface area (Å²) in [7, 11) is 0. The minimum Gasteiger partial charge on any atom is -0.368 e. The molecule has 2 fully saturated rings. The monoisotopic (exact) mass is 183 g/mol. The zero-order chi connectivity index (χ0) is 9.26. The number of rotatable bonds is 3. The van der Waals surface area contributed by atoms with Crippen LogP contribution in [0.25, 0.3) is 0 Å². The minimum atomic E-state index is -0.158. The lowest BCUT2D eigenvalue weighted by Gasteiger charge is -2.09. The Bertz CT molecular complexity index is 199. The highest BCUT2D eigenvalue weighted by molar-refractivity contribution is 5.80. The van der Waals surface area contributed by atoms with Gasteiger partial charge in [-0.3, -0.25) is 4.79 Å². The highest BCUT2D eigenvalue weighted by Crippen LogP contribution is 2.36. The van der Waals surface area contributed by atoms with Crippen molar-refractivity contribution in [2.24, 2.45) is 11.8 Å². The molecular formula is C10H17NO2. The number of carbonyl (C=O) groups excluding carboxylic acids is 1. The van der Waals surface area contributed by atoms with E-state index in [2.05, 4.69) is 12.2 Å². The van der Waals surface area contributed by atoms with Crippen molar-refractivity contribution in [3.63, 3.8) is 0 Å². The second-order valence-electron chi connectivity index (χ2n) is 4.22. The predicted molar refractivity (Wildman–Crippen MR) is 49.3 cm³/mol. The predicted octanol–water partition coefficient (Wildman–Crippen LogP) is 0.938. The fourth-order valence-corrected chi connectivity index (χ4v) is 1.81. The molecule has 1 saturated carbocycles. The third-order valence-corrected chi connectivity index (χ3v) is 3.04. The van der Waals surface area contributed by atoms with E-state index in [1.165, 1.54) is 6.42 Å². The number of amides is 1. The van der Waals surface area contributed by atoms with Crippen LogP contribution in [0.2, 0.25) is 0 Å². The summed E-state index contributed by atoms with van der Waals surface area (Å²) >= 11 is 0. The van der Waals surface area contributed by atoms with E-state index in [-0.39, 0.29) is 12.0 Å². The highest BCUT2D eigenvalue weighted by Gasteiger charge is 2.33. The van der Waals surface area contributed by atoms with Gasteiger partial charge >= 0.3 is 0 Å². The molecule has 0 spiro atoms. The van der Waals surface area contributed by atoms with E-state index in [0.717, 1.165) is 37.8 Å². The molecule has 3 nitrogen and oxygen atoms in total. The van der Waals surface area contributed by atoms with Crippen LogP contribution in [-0.2, 0) is 9.53 Å². The molecule has 1 aliphatic carbocycles. The van der Waals surface area contributed by atoms with Crippen molar-refractivity contribution in [2.45, 2.75) is 32.3 Å². The first kappa shape index (κ1) is 9.00. The van der Waals surface area contributed by atoms with Gasteiger partial charge < -0.3 is 10.1 Å². The zero-order valence-electron chi connectivity index (χ0n) is 8.08. The average Bonchev–Trinajstić information content (AvgIpc) is 2.67. The smallest absolute Gasteiger partial charge is 0.249 e. The van der Waals surface area contributed by atoms with Gasteiger partial charge in [-0.25, -0.2) is 0 Å². The molecule has 0 aromatic carbocycles. The summed E-state index contributed by atoms with van der Waals surface area (Å²) in [5.74, 6) is 1.63. The molecule has 74 valence electrons. The van der Waals surface area contributed by atoms with Crippen molar-refractivity contribution >= 4 is 5.91 Å². The van der Waals surface area contributed by atoms with E-state index in [0.29, 0.717) is 0 Å². The number of ether oxygens (including phenoxy) is 1. The Labute approximate surface area is 78.8 Å². The fourth-order valence-electron chi connectivity index (χ4n) is 1.81. The molecular weight excluding hydrogens is 166 g/mol. The molecule has 2 rings (SSSR count). The highest BCUT2D eigenvalue weighted by atomic mass is 16.5. The fraction of sp³-hybridized carbons (Fsp3) is 0.900. The van der Waals surface area contributed by atoms with E-state index in [4.69, 9.17) is 4.74 Å². The van der Waals surface area contributed by atoms with Crippen molar-refractivity contribution in [1.29, 1.82) is 0 Å². The Balaban J connectivity index is 1.66. The van der Waals surface area contributed by atoms with E-state index in [1.54, 1.807) is 0 Å². The molecule has 2 unspecified atom stereocenters. The van der Waals surface area contributed by atoms with Crippen molar-refractivity contribution in [3.8, 4) is 0 Å². The van der Waals surface area contributed by atoms with E-state index in [1.807, 2.05) is 0 Å². The number of hydrogen-bond donors (Lipinski definition) is 1. The van der Waals surface area contributed by atoms with E-state index in [9.17, 15) is 4.79 Å². The van der Waals surface area contributed by atoms with E-state index < -0.39 is 0 Å².